The van der Waals surface area contributed by atoms with Gasteiger partial charge in [0.15, 0.2) is 0 Å². The first-order chi connectivity index (χ1) is 10.5. The van der Waals surface area contributed by atoms with Crippen LogP contribution >= 0.6 is 0 Å². The Labute approximate surface area is 133 Å². The van der Waals surface area contributed by atoms with Crippen LogP contribution in [0.25, 0.3) is 0 Å². The van der Waals surface area contributed by atoms with E-state index in [-0.39, 0.29) is 5.91 Å². The average Bonchev–Trinajstić information content (AvgIpc) is 2.48. The molecule has 1 aromatic rings. The fourth-order valence-corrected chi connectivity index (χ4v) is 2.51. The molecule has 0 atom stereocenters. The van der Waals surface area contributed by atoms with E-state index in [0.29, 0.717) is 18.9 Å². The molecule has 1 aliphatic rings. The van der Waals surface area contributed by atoms with E-state index in [0.717, 1.165) is 30.3 Å². The van der Waals surface area contributed by atoms with E-state index in [9.17, 15) is 4.79 Å². The third-order valence-corrected chi connectivity index (χ3v) is 3.88. The van der Waals surface area contributed by atoms with Gasteiger partial charge in [-0.2, -0.15) is 0 Å². The average molecular weight is 302 g/mol. The van der Waals surface area contributed by atoms with Gasteiger partial charge in [-0.1, -0.05) is 25.6 Å². The number of anilines is 1. The zero-order valence-corrected chi connectivity index (χ0v) is 13.6. The number of rotatable bonds is 6. The molecule has 0 saturated carbocycles. The van der Waals surface area contributed by atoms with Crippen LogP contribution < -0.4 is 10.1 Å². The summed E-state index contributed by atoms with van der Waals surface area (Å²) in [7, 11) is 0. The van der Waals surface area contributed by atoms with Crippen molar-refractivity contribution >= 4 is 11.6 Å². The summed E-state index contributed by atoms with van der Waals surface area (Å²) in [6, 6.07) is 7.52. The molecule has 4 nitrogen and oxygen atoms in total. The maximum atomic E-state index is 12.2. The number of ether oxygens (including phenoxy) is 1. The number of likely N-dealkylation sites (tertiary alicyclic amines) is 1. The standard InChI is InChI=1S/C18H26N2O2/c1-14(2)13-22-17-7-5-4-6-16(17)19-18(21)12-20-10-8-15(3)9-11-20/h4-7,15H,1,8-13H2,2-3H3,(H,19,21). The van der Waals surface area contributed by atoms with Crippen LogP contribution in [0.5, 0.6) is 5.75 Å². The van der Waals surface area contributed by atoms with E-state index in [2.05, 4.69) is 23.7 Å². The van der Waals surface area contributed by atoms with Crippen molar-refractivity contribution in [2.24, 2.45) is 5.92 Å². The summed E-state index contributed by atoms with van der Waals surface area (Å²) in [6.45, 7) is 10.9. The van der Waals surface area contributed by atoms with Crippen LogP contribution in [0.3, 0.4) is 0 Å². The molecule has 0 spiro atoms. The van der Waals surface area contributed by atoms with Crippen molar-refractivity contribution in [3.8, 4) is 5.75 Å². The first-order valence-corrected chi connectivity index (χ1v) is 7.93. The number of carbonyl (C=O) groups excluding carboxylic acids is 1. The maximum Gasteiger partial charge on any atom is 0.238 e. The van der Waals surface area contributed by atoms with E-state index in [1.54, 1.807) is 0 Å². The smallest absolute Gasteiger partial charge is 0.238 e. The van der Waals surface area contributed by atoms with Crippen LogP contribution in [0.15, 0.2) is 36.4 Å². The van der Waals surface area contributed by atoms with Gasteiger partial charge < -0.3 is 10.1 Å². The molecule has 1 aromatic carbocycles. The Bertz CT molecular complexity index is 520. The number of piperidine rings is 1. The molecule has 0 radical (unpaired) electrons. The van der Waals surface area contributed by atoms with E-state index >= 15 is 0 Å². The Hall–Kier alpha value is -1.81. The highest BCUT2D eigenvalue weighted by Gasteiger charge is 2.18. The van der Waals surface area contributed by atoms with Gasteiger partial charge in [-0.05, 0) is 56.5 Å². The van der Waals surface area contributed by atoms with Crippen molar-refractivity contribution in [2.45, 2.75) is 26.7 Å². The Balaban J connectivity index is 1.89. The van der Waals surface area contributed by atoms with Crippen LogP contribution in [-0.2, 0) is 4.79 Å². The summed E-state index contributed by atoms with van der Waals surface area (Å²) < 4.78 is 5.68. The van der Waals surface area contributed by atoms with Gasteiger partial charge in [0.05, 0.1) is 12.2 Å². The van der Waals surface area contributed by atoms with E-state index in [1.807, 2.05) is 31.2 Å². The summed E-state index contributed by atoms with van der Waals surface area (Å²) in [4.78, 5) is 14.4. The van der Waals surface area contributed by atoms with Gasteiger partial charge in [-0.15, -0.1) is 0 Å². The lowest BCUT2D eigenvalue weighted by Crippen LogP contribution is -2.38. The number of benzene rings is 1. The van der Waals surface area contributed by atoms with Crippen molar-refractivity contribution in [1.82, 2.24) is 4.90 Å². The molecule has 1 aliphatic heterocycles. The summed E-state index contributed by atoms with van der Waals surface area (Å²) in [6.07, 6.45) is 2.34. The minimum atomic E-state index is 0.0147. The quantitative estimate of drug-likeness (QED) is 0.820. The minimum Gasteiger partial charge on any atom is -0.487 e. The van der Waals surface area contributed by atoms with Crippen LogP contribution in [0, 0.1) is 5.92 Å². The molecule has 1 heterocycles. The Morgan fingerprint density at radius 2 is 2.05 bits per heavy atom. The molecule has 2 rings (SSSR count). The molecule has 1 N–H and O–H groups in total. The van der Waals surface area contributed by atoms with E-state index in [4.69, 9.17) is 4.74 Å². The van der Waals surface area contributed by atoms with Gasteiger partial charge in [0.2, 0.25) is 5.91 Å². The first-order valence-electron chi connectivity index (χ1n) is 7.93. The number of amides is 1. The van der Waals surface area contributed by atoms with Crippen LogP contribution in [0.4, 0.5) is 5.69 Å². The third kappa shape index (κ3) is 5.19. The lowest BCUT2D eigenvalue weighted by molar-refractivity contribution is -0.117. The summed E-state index contributed by atoms with van der Waals surface area (Å²) in [5, 5.41) is 2.96. The second-order valence-electron chi connectivity index (χ2n) is 6.25. The van der Waals surface area contributed by atoms with E-state index in [1.165, 1.54) is 12.8 Å². The van der Waals surface area contributed by atoms with Gasteiger partial charge in [0.1, 0.15) is 12.4 Å². The molecule has 0 bridgehead atoms. The summed E-state index contributed by atoms with van der Waals surface area (Å²) in [5.74, 6) is 1.47. The first kappa shape index (κ1) is 16.6. The molecule has 1 amide bonds. The van der Waals surface area contributed by atoms with Crippen LogP contribution in [0.1, 0.15) is 26.7 Å². The molecule has 0 unspecified atom stereocenters. The zero-order valence-electron chi connectivity index (χ0n) is 13.6. The summed E-state index contributed by atoms with van der Waals surface area (Å²) in [5.41, 5.74) is 1.67. The van der Waals surface area contributed by atoms with Gasteiger partial charge in [0, 0.05) is 0 Å². The predicted molar refractivity (Wildman–Crippen MR) is 90.2 cm³/mol. The SMILES string of the molecule is C=C(C)COc1ccccc1NC(=O)CN1CCC(C)CC1. The molecular formula is C18H26N2O2. The largest absolute Gasteiger partial charge is 0.487 e. The number of para-hydroxylation sites is 2. The molecule has 1 fully saturated rings. The lowest BCUT2D eigenvalue weighted by Gasteiger charge is -2.29. The van der Waals surface area contributed by atoms with Crippen molar-refractivity contribution < 1.29 is 9.53 Å². The Morgan fingerprint density at radius 1 is 1.36 bits per heavy atom. The van der Waals surface area contributed by atoms with Crippen molar-refractivity contribution in [3.05, 3.63) is 36.4 Å². The topological polar surface area (TPSA) is 41.6 Å². The highest BCUT2D eigenvalue weighted by Crippen LogP contribution is 2.24. The highest BCUT2D eigenvalue weighted by atomic mass is 16.5. The predicted octanol–water partition coefficient (Wildman–Crippen LogP) is 3.31. The monoisotopic (exact) mass is 302 g/mol. The van der Waals surface area contributed by atoms with Crippen LogP contribution in [-0.4, -0.2) is 37.0 Å². The second kappa shape index (κ2) is 7.99. The number of nitrogens with zero attached hydrogens (tertiary/aromatic N) is 1. The van der Waals surface area contributed by atoms with Gasteiger partial charge in [0.25, 0.3) is 0 Å². The molecule has 120 valence electrons. The molecule has 1 saturated heterocycles. The van der Waals surface area contributed by atoms with Gasteiger partial charge in [-0.3, -0.25) is 9.69 Å². The van der Waals surface area contributed by atoms with Crippen molar-refractivity contribution in [1.29, 1.82) is 0 Å². The molecular weight excluding hydrogens is 276 g/mol. The number of nitrogens with one attached hydrogen (secondary N) is 1. The summed E-state index contributed by atoms with van der Waals surface area (Å²) >= 11 is 0. The zero-order chi connectivity index (χ0) is 15.9. The maximum absolute atomic E-state index is 12.2. The van der Waals surface area contributed by atoms with Crippen molar-refractivity contribution in [2.75, 3.05) is 31.6 Å². The molecule has 0 aliphatic carbocycles. The normalized spacial score (nSPS) is 16.3. The number of hydrogen-bond donors (Lipinski definition) is 1. The minimum absolute atomic E-state index is 0.0147. The van der Waals surface area contributed by atoms with Crippen LogP contribution in [0.2, 0.25) is 0 Å². The number of hydrogen-bond acceptors (Lipinski definition) is 3. The molecule has 22 heavy (non-hydrogen) atoms. The molecule has 4 heteroatoms. The fourth-order valence-electron chi connectivity index (χ4n) is 2.51. The Kier molecular flexibility index (Phi) is 6.01. The fraction of sp³-hybridized carbons (Fsp3) is 0.500. The number of carbonyl (C=O) groups is 1. The Morgan fingerprint density at radius 3 is 2.73 bits per heavy atom. The molecule has 0 aromatic heterocycles. The second-order valence-corrected chi connectivity index (χ2v) is 6.25. The van der Waals surface area contributed by atoms with E-state index < -0.39 is 0 Å². The van der Waals surface area contributed by atoms with Gasteiger partial charge in [-0.25, -0.2) is 0 Å². The van der Waals surface area contributed by atoms with Gasteiger partial charge >= 0.3 is 0 Å². The highest BCUT2D eigenvalue weighted by molar-refractivity contribution is 5.93. The van der Waals surface area contributed by atoms with Crippen molar-refractivity contribution in [3.63, 3.8) is 0 Å². The third-order valence-electron chi connectivity index (χ3n) is 3.88. The lowest BCUT2D eigenvalue weighted by atomic mass is 9.99.